The van der Waals surface area contributed by atoms with Crippen LogP contribution in [-0.4, -0.2) is 13.1 Å². The van der Waals surface area contributed by atoms with E-state index in [1.54, 1.807) is 0 Å². The third-order valence-corrected chi connectivity index (χ3v) is 2.14. The molecule has 1 heterocycles. The Hall–Kier alpha value is -0.960. The smallest absolute Gasteiger partial charge is 0.126 e. The van der Waals surface area contributed by atoms with E-state index in [-0.39, 0.29) is 5.92 Å². The van der Waals surface area contributed by atoms with Crippen molar-refractivity contribution in [3.05, 3.63) is 35.4 Å². The minimum atomic E-state index is -0.489. The van der Waals surface area contributed by atoms with Crippen LogP contribution in [0.2, 0.25) is 0 Å². The van der Waals surface area contributed by atoms with Gasteiger partial charge in [-0.3, -0.25) is 0 Å². The maximum atomic E-state index is 12.7. The highest BCUT2D eigenvalue weighted by Gasteiger charge is 2.19. The summed E-state index contributed by atoms with van der Waals surface area (Å²) in [5.41, 5.74) is 0.756. The van der Waals surface area contributed by atoms with E-state index >= 15 is 0 Å². The fourth-order valence-corrected chi connectivity index (χ4v) is 1.34. The van der Waals surface area contributed by atoms with Crippen molar-refractivity contribution in [2.75, 3.05) is 13.1 Å². The second kappa shape index (κ2) is 2.83. The van der Waals surface area contributed by atoms with E-state index in [1.165, 1.54) is 12.1 Å². The van der Waals surface area contributed by atoms with Gasteiger partial charge in [0, 0.05) is 25.1 Å². The zero-order valence-electron chi connectivity index (χ0n) is 6.48. The molecular weight excluding hydrogens is 160 g/mol. The second-order valence-corrected chi connectivity index (χ2v) is 3.06. The molecule has 0 aromatic heterocycles. The van der Waals surface area contributed by atoms with Gasteiger partial charge >= 0.3 is 0 Å². The van der Waals surface area contributed by atoms with Crippen molar-refractivity contribution >= 4 is 0 Å². The monoisotopic (exact) mass is 169 g/mol. The quantitative estimate of drug-likeness (QED) is 0.674. The first kappa shape index (κ1) is 7.68. The fraction of sp³-hybridized carbons (Fsp3) is 0.333. The van der Waals surface area contributed by atoms with Gasteiger partial charge in [-0.25, -0.2) is 8.78 Å². The summed E-state index contributed by atoms with van der Waals surface area (Å²) in [4.78, 5) is 0. The summed E-state index contributed by atoms with van der Waals surface area (Å²) in [6.45, 7) is 1.64. The van der Waals surface area contributed by atoms with Crippen molar-refractivity contribution in [1.29, 1.82) is 0 Å². The van der Waals surface area contributed by atoms with E-state index in [4.69, 9.17) is 0 Å². The van der Waals surface area contributed by atoms with Crippen LogP contribution < -0.4 is 5.32 Å². The average Bonchev–Trinajstić information content (AvgIpc) is 1.79. The lowest BCUT2D eigenvalue weighted by Gasteiger charge is -2.27. The molecule has 1 aromatic rings. The number of halogens is 2. The van der Waals surface area contributed by atoms with Crippen LogP contribution >= 0.6 is 0 Å². The van der Waals surface area contributed by atoms with Crippen LogP contribution in [-0.2, 0) is 0 Å². The number of hydrogen-bond donors (Lipinski definition) is 1. The van der Waals surface area contributed by atoms with Crippen LogP contribution in [0.1, 0.15) is 11.5 Å². The molecule has 12 heavy (non-hydrogen) atoms. The van der Waals surface area contributed by atoms with Gasteiger partial charge in [-0.1, -0.05) is 0 Å². The highest BCUT2D eigenvalue weighted by atomic mass is 19.1. The first-order valence-corrected chi connectivity index (χ1v) is 3.92. The van der Waals surface area contributed by atoms with Gasteiger partial charge in [0.15, 0.2) is 0 Å². The fourth-order valence-electron chi connectivity index (χ4n) is 1.34. The minimum absolute atomic E-state index is 0.287. The van der Waals surface area contributed by atoms with Crippen molar-refractivity contribution in [3.8, 4) is 0 Å². The van der Waals surface area contributed by atoms with Crippen LogP contribution in [0.5, 0.6) is 0 Å². The van der Waals surface area contributed by atoms with Crippen LogP contribution in [0, 0.1) is 11.6 Å². The van der Waals surface area contributed by atoms with Gasteiger partial charge in [-0.15, -0.1) is 0 Å². The first-order valence-electron chi connectivity index (χ1n) is 3.92. The van der Waals surface area contributed by atoms with Crippen LogP contribution in [0.3, 0.4) is 0 Å². The molecule has 3 heteroatoms. The van der Waals surface area contributed by atoms with Gasteiger partial charge in [0.05, 0.1) is 0 Å². The van der Waals surface area contributed by atoms with Gasteiger partial charge in [0.25, 0.3) is 0 Å². The maximum absolute atomic E-state index is 12.7. The molecule has 0 saturated carbocycles. The molecule has 1 saturated heterocycles. The van der Waals surface area contributed by atoms with Crippen LogP contribution in [0.4, 0.5) is 8.78 Å². The van der Waals surface area contributed by atoms with Crippen LogP contribution in [0.15, 0.2) is 18.2 Å². The predicted octanol–water partition coefficient (Wildman–Crippen LogP) is 1.65. The molecule has 1 aromatic carbocycles. The normalized spacial score (nSPS) is 17.5. The number of benzene rings is 1. The van der Waals surface area contributed by atoms with E-state index in [0.717, 1.165) is 24.7 Å². The largest absolute Gasteiger partial charge is 0.315 e. The lowest BCUT2D eigenvalue weighted by atomic mass is 9.94. The summed E-state index contributed by atoms with van der Waals surface area (Å²) in [7, 11) is 0. The molecule has 1 nitrogen and oxygen atoms in total. The Kier molecular flexibility index (Phi) is 1.81. The topological polar surface area (TPSA) is 12.0 Å². The molecule has 2 rings (SSSR count). The molecule has 0 spiro atoms. The SMILES string of the molecule is Fc1cc(F)cc(C2CNC2)c1. The lowest BCUT2D eigenvalue weighted by Crippen LogP contribution is -2.39. The molecule has 64 valence electrons. The molecular formula is C9H9F2N. The summed E-state index contributed by atoms with van der Waals surface area (Å²) < 4.78 is 25.4. The van der Waals surface area contributed by atoms with Crippen molar-refractivity contribution in [3.63, 3.8) is 0 Å². The Labute approximate surface area is 69.4 Å². The summed E-state index contributed by atoms with van der Waals surface area (Å²) >= 11 is 0. The van der Waals surface area contributed by atoms with Crippen molar-refractivity contribution < 1.29 is 8.78 Å². The van der Waals surface area contributed by atoms with E-state index < -0.39 is 11.6 Å². The zero-order chi connectivity index (χ0) is 8.55. The van der Waals surface area contributed by atoms with E-state index in [9.17, 15) is 8.78 Å². The van der Waals surface area contributed by atoms with Gasteiger partial charge in [-0.2, -0.15) is 0 Å². The summed E-state index contributed by atoms with van der Waals surface area (Å²) in [6.07, 6.45) is 0. The predicted molar refractivity (Wildman–Crippen MR) is 42.0 cm³/mol. The second-order valence-electron chi connectivity index (χ2n) is 3.06. The number of nitrogens with one attached hydrogen (secondary N) is 1. The van der Waals surface area contributed by atoms with Gasteiger partial charge in [-0.05, 0) is 17.7 Å². The van der Waals surface area contributed by atoms with Gasteiger partial charge in [0.1, 0.15) is 11.6 Å². The molecule has 0 aliphatic carbocycles. The number of rotatable bonds is 1. The third-order valence-electron chi connectivity index (χ3n) is 2.14. The molecule has 0 atom stereocenters. The molecule has 0 radical (unpaired) electrons. The summed E-state index contributed by atoms with van der Waals surface area (Å²) in [5, 5.41) is 3.05. The highest BCUT2D eigenvalue weighted by molar-refractivity contribution is 5.24. The van der Waals surface area contributed by atoms with E-state index in [0.29, 0.717) is 0 Å². The Morgan fingerprint density at radius 2 is 1.67 bits per heavy atom. The lowest BCUT2D eigenvalue weighted by molar-refractivity contribution is 0.443. The van der Waals surface area contributed by atoms with Crippen molar-refractivity contribution in [2.45, 2.75) is 5.92 Å². The van der Waals surface area contributed by atoms with E-state index in [1.807, 2.05) is 0 Å². The average molecular weight is 169 g/mol. The van der Waals surface area contributed by atoms with Crippen molar-refractivity contribution in [2.24, 2.45) is 0 Å². The number of hydrogen-bond acceptors (Lipinski definition) is 1. The zero-order valence-corrected chi connectivity index (χ0v) is 6.48. The molecule has 0 unspecified atom stereocenters. The Morgan fingerprint density at radius 1 is 1.08 bits per heavy atom. The van der Waals surface area contributed by atoms with Crippen molar-refractivity contribution in [1.82, 2.24) is 5.32 Å². The Balaban J connectivity index is 2.30. The molecule has 0 amide bonds. The summed E-state index contributed by atoms with van der Waals surface area (Å²) in [6, 6.07) is 3.69. The van der Waals surface area contributed by atoms with E-state index in [2.05, 4.69) is 5.32 Å². The Morgan fingerprint density at radius 3 is 2.08 bits per heavy atom. The molecule has 0 bridgehead atoms. The molecule has 1 aliphatic heterocycles. The standard InChI is InChI=1S/C9H9F2N/c10-8-1-6(2-9(11)3-8)7-4-12-5-7/h1-3,7,12H,4-5H2. The highest BCUT2D eigenvalue weighted by Crippen LogP contribution is 2.21. The first-order chi connectivity index (χ1) is 5.75. The third kappa shape index (κ3) is 1.32. The van der Waals surface area contributed by atoms with Gasteiger partial charge < -0.3 is 5.32 Å². The minimum Gasteiger partial charge on any atom is -0.315 e. The molecule has 1 fully saturated rings. The maximum Gasteiger partial charge on any atom is 0.126 e. The van der Waals surface area contributed by atoms with Gasteiger partial charge in [0.2, 0.25) is 0 Å². The molecule has 1 N–H and O–H groups in total. The van der Waals surface area contributed by atoms with Crippen LogP contribution in [0.25, 0.3) is 0 Å². The Bertz CT molecular complexity index is 274. The molecule has 1 aliphatic rings. The summed E-state index contributed by atoms with van der Waals surface area (Å²) in [5.74, 6) is -0.691.